The van der Waals surface area contributed by atoms with Crippen LogP contribution in [-0.4, -0.2) is 29.3 Å². The van der Waals surface area contributed by atoms with Gasteiger partial charge < -0.3 is 9.84 Å². The van der Waals surface area contributed by atoms with E-state index in [0.717, 1.165) is 18.7 Å². The smallest absolute Gasteiger partial charge is 0.0900 e. The minimum Gasteiger partial charge on any atom is -0.391 e. The van der Waals surface area contributed by atoms with Gasteiger partial charge in [-0.25, -0.2) is 0 Å². The molecular formula is C25H27NO2. The van der Waals surface area contributed by atoms with Crippen LogP contribution < -0.4 is 0 Å². The number of ether oxygens (including phenoxy) is 1. The molecule has 1 aliphatic rings. The van der Waals surface area contributed by atoms with Crippen molar-refractivity contribution in [3.63, 3.8) is 0 Å². The molecule has 1 heterocycles. The fraction of sp³-hybridized carbons (Fsp3) is 0.280. The van der Waals surface area contributed by atoms with Crippen molar-refractivity contribution in [3.05, 3.63) is 108 Å². The van der Waals surface area contributed by atoms with Gasteiger partial charge in [0, 0.05) is 25.6 Å². The maximum atomic E-state index is 11.0. The Kier molecular flexibility index (Phi) is 6.17. The van der Waals surface area contributed by atoms with Gasteiger partial charge in [-0.2, -0.15) is 0 Å². The van der Waals surface area contributed by atoms with E-state index >= 15 is 0 Å². The third-order valence-electron chi connectivity index (χ3n) is 5.42. The third kappa shape index (κ3) is 4.68. The van der Waals surface area contributed by atoms with Crippen molar-refractivity contribution in [2.75, 3.05) is 13.2 Å². The molecule has 1 aliphatic heterocycles. The number of nitrogens with zero attached hydrogens (tertiary/aromatic N) is 1. The van der Waals surface area contributed by atoms with Gasteiger partial charge in [-0.1, -0.05) is 91.0 Å². The molecular weight excluding hydrogens is 346 g/mol. The van der Waals surface area contributed by atoms with Crippen molar-refractivity contribution >= 4 is 0 Å². The van der Waals surface area contributed by atoms with E-state index < -0.39 is 6.10 Å². The first-order chi connectivity index (χ1) is 13.8. The molecule has 0 aromatic heterocycles. The van der Waals surface area contributed by atoms with Crippen molar-refractivity contribution < 1.29 is 9.84 Å². The van der Waals surface area contributed by atoms with Crippen LogP contribution in [0.2, 0.25) is 0 Å². The molecule has 0 amide bonds. The summed E-state index contributed by atoms with van der Waals surface area (Å²) in [6.07, 6.45) is -0.433. The van der Waals surface area contributed by atoms with Gasteiger partial charge in [0.2, 0.25) is 0 Å². The van der Waals surface area contributed by atoms with Crippen LogP contribution in [0.25, 0.3) is 0 Å². The molecule has 4 rings (SSSR count). The lowest BCUT2D eigenvalue weighted by Gasteiger charge is -2.41. The van der Waals surface area contributed by atoms with Crippen LogP contribution in [-0.2, 0) is 17.8 Å². The lowest BCUT2D eigenvalue weighted by Crippen LogP contribution is -2.46. The Morgan fingerprint density at radius 2 is 1.29 bits per heavy atom. The summed E-state index contributed by atoms with van der Waals surface area (Å²) in [7, 11) is 0. The quantitative estimate of drug-likeness (QED) is 0.634. The highest BCUT2D eigenvalue weighted by atomic mass is 16.5. The van der Waals surface area contributed by atoms with Gasteiger partial charge in [0.15, 0.2) is 0 Å². The van der Waals surface area contributed by atoms with Crippen LogP contribution in [0.15, 0.2) is 91.0 Å². The van der Waals surface area contributed by atoms with Crippen molar-refractivity contribution in [3.8, 4) is 0 Å². The minimum absolute atomic E-state index is 0.00787. The number of rotatable bonds is 8. The molecule has 3 heteroatoms. The highest BCUT2D eigenvalue weighted by molar-refractivity contribution is 5.21. The fourth-order valence-electron chi connectivity index (χ4n) is 3.87. The lowest BCUT2D eigenvalue weighted by atomic mass is 9.86. The van der Waals surface area contributed by atoms with Gasteiger partial charge in [0.1, 0.15) is 0 Å². The van der Waals surface area contributed by atoms with Crippen molar-refractivity contribution in [1.82, 2.24) is 4.90 Å². The Morgan fingerprint density at radius 3 is 1.75 bits per heavy atom. The number of benzene rings is 3. The lowest BCUT2D eigenvalue weighted by molar-refractivity contribution is -0.165. The maximum Gasteiger partial charge on any atom is 0.0900 e. The first-order valence-electron chi connectivity index (χ1n) is 9.94. The second kappa shape index (κ2) is 9.16. The number of aliphatic hydroxyl groups excluding tert-OH is 1. The highest BCUT2D eigenvalue weighted by Gasteiger charge is 2.39. The van der Waals surface area contributed by atoms with E-state index in [-0.39, 0.29) is 12.0 Å². The number of hydrogen-bond donors (Lipinski definition) is 1. The first-order valence-corrected chi connectivity index (χ1v) is 9.94. The molecule has 0 saturated carbocycles. The second-order valence-electron chi connectivity index (χ2n) is 7.54. The third-order valence-corrected chi connectivity index (χ3v) is 5.42. The van der Waals surface area contributed by atoms with E-state index in [2.05, 4.69) is 65.6 Å². The summed E-state index contributed by atoms with van der Waals surface area (Å²) < 4.78 is 5.79. The summed E-state index contributed by atoms with van der Waals surface area (Å²) in [6, 6.07) is 31.1. The topological polar surface area (TPSA) is 32.7 Å². The molecule has 0 spiro atoms. The Morgan fingerprint density at radius 1 is 0.786 bits per heavy atom. The van der Waals surface area contributed by atoms with Crippen LogP contribution in [0, 0.1) is 5.92 Å². The number of aliphatic hydroxyl groups is 1. The largest absolute Gasteiger partial charge is 0.391 e. The molecule has 3 nitrogen and oxygen atoms in total. The zero-order chi connectivity index (χ0) is 19.2. The van der Waals surface area contributed by atoms with Crippen LogP contribution in [0.3, 0.4) is 0 Å². The van der Waals surface area contributed by atoms with Gasteiger partial charge in [-0.3, -0.25) is 4.90 Å². The zero-order valence-electron chi connectivity index (χ0n) is 16.0. The SMILES string of the molecule is OC(CN(Cc1ccccc1)Cc1ccccc1)[C@H]1CO[C@H]1c1ccccc1. The van der Waals surface area contributed by atoms with E-state index in [1.54, 1.807) is 0 Å². The molecule has 1 unspecified atom stereocenters. The van der Waals surface area contributed by atoms with Crippen LogP contribution in [0.1, 0.15) is 22.8 Å². The summed E-state index contributed by atoms with van der Waals surface area (Å²) in [4.78, 5) is 2.33. The van der Waals surface area contributed by atoms with Crippen LogP contribution >= 0.6 is 0 Å². The predicted octanol–water partition coefficient (Wildman–Crippen LogP) is 4.44. The normalized spacial score (nSPS) is 19.9. The van der Waals surface area contributed by atoms with Gasteiger partial charge in [0.25, 0.3) is 0 Å². The molecule has 1 N–H and O–H groups in total. The Hall–Kier alpha value is -2.46. The van der Waals surface area contributed by atoms with Gasteiger partial charge >= 0.3 is 0 Å². The Labute approximate surface area is 167 Å². The van der Waals surface area contributed by atoms with Crippen molar-refractivity contribution in [2.24, 2.45) is 5.92 Å². The van der Waals surface area contributed by atoms with E-state index in [0.29, 0.717) is 13.2 Å². The highest BCUT2D eigenvalue weighted by Crippen LogP contribution is 2.37. The molecule has 1 saturated heterocycles. The second-order valence-corrected chi connectivity index (χ2v) is 7.54. The van der Waals surface area contributed by atoms with Crippen LogP contribution in [0.4, 0.5) is 0 Å². The Bertz CT molecular complexity index is 797. The van der Waals surface area contributed by atoms with Crippen molar-refractivity contribution in [1.29, 1.82) is 0 Å². The summed E-state index contributed by atoms with van der Waals surface area (Å²) in [5.41, 5.74) is 3.67. The minimum atomic E-state index is -0.425. The van der Waals surface area contributed by atoms with Crippen LogP contribution in [0.5, 0.6) is 0 Å². The van der Waals surface area contributed by atoms with Gasteiger partial charge in [-0.05, 0) is 16.7 Å². The average Bonchev–Trinajstić information content (AvgIpc) is 2.69. The maximum absolute atomic E-state index is 11.0. The summed E-state index contributed by atoms with van der Waals surface area (Å²) >= 11 is 0. The molecule has 0 aliphatic carbocycles. The predicted molar refractivity (Wildman–Crippen MR) is 112 cm³/mol. The summed E-state index contributed by atoms with van der Waals surface area (Å²) in [5.74, 6) is 0.136. The molecule has 0 radical (unpaired) electrons. The monoisotopic (exact) mass is 373 g/mol. The molecule has 1 fully saturated rings. The Balaban J connectivity index is 1.45. The van der Waals surface area contributed by atoms with E-state index in [1.807, 2.05) is 30.3 Å². The molecule has 3 aromatic carbocycles. The first kappa shape index (κ1) is 18.9. The average molecular weight is 373 g/mol. The summed E-state index contributed by atoms with van der Waals surface area (Å²) in [6.45, 7) is 2.87. The number of hydrogen-bond acceptors (Lipinski definition) is 3. The van der Waals surface area contributed by atoms with Crippen molar-refractivity contribution in [2.45, 2.75) is 25.3 Å². The fourth-order valence-corrected chi connectivity index (χ4v) is 3.87. The van der Waals surface area contributed by atoms with E-state index in [4.69, 9.17) is 4.74 Å². The molecule has 3 atom stereocenters. The molecule has 28 heavy (non-hydrogen) atoms. The van der Waals surface area contributed by atoms with Gasteiger partial charge in [-0.15, -0.1) is 0 Å². The molecule has 0 bridgehead atoms. The standard InChI is InChI=1S/C25H27NO2/c27-24(23-19-28-25(23)22-14-8-3-9-15-22)18-26(16-20-10-4-1-5-11-20)17-21-12-6-2-7-13-21/h1-15,23-25,27H,16-19H2/t23-,24?,25+/m1/s1. The molecule has 3 aromatic rings. The summed E-state index contributed by atoms with van der Waals surface area (Å²) in [5, 5.41) is 11.0. The molecule has 144 valence electrons. The van der Waals surface area contributed by atoms with E-state index in [1.165, 1.54) is 11.1 Å². The van der Waals surface area contributed by atoms with E-state index in [9.17, 15) is 5.11 Å². The zero-order valence-corrected chi connectivity index (χ0v) is 16.0. The van der Waals surface area contributed by atoms with Gasteiger partial charge in [0.05, 0.1) is 18.8 Å².